The van der Waals surface area contributed by atoms with Crippen LogP contribution in [0.15, 0.2) is 0 Å². The lowest BCUT2D eigenvalue weighted by molar-refractivity contribution is 0.190. The minimum atomic E-state index is 0.911. The summed E-state index contributed by atoms with van der Waals surface area (Å²) in [5, 5.41) is 3.62. The average Bonchev–Trinajstić information content (AvgIpc) is 2.16. The molecule has 88 valence electrons. The normalized spacial score (nSPS) is 35.8. The third-order valence-corrected chi connectivity index (χ3v) is 4.42. The van der Waals surface area contributed by atoms with Gasteiger partial charge in [0.05, 0.1) is 0 Å². The Morgan fingerprint density at radius 1 is 0.800 bits per heavy atom. The fourth-order valence-corrected chi connectivity index (χ4v) is 3.52. The van der Waals surface area contributed by atoms with Crippen molar-refractivity contribution < 1.29 is 0 Å². The van der Waals surface area contributed by atoms with Crippen molar-refractivity contribution in [3.63, 3.8) is 0 Å². The van der Waals surface area contributed by atoms with Crippen LogP contribution in [0.25, 0.3) is 0 Å². The maximum absolute atomic E-state index is 3.62. The standard InChI is InChI=1S/C14H27N/c1-12-9-14(11-15-10-12)13-7-5-3-2-4-6-8-13/h12-15H,2-11H2,1H3. The first-order valence-electron chi connectivity index (χ1n) is 7.07. The third kappa shape index (κ3) is 3.48. The Labute approximate surface area is 95.0 Å². The molecule has 2 unspecified atom stereocenters. The van der Waals surface area contributed by atoms with Crippen LogP contribution in [0.2, 0.25) is 0 Å². The molecule has 1 aliphatic carbocycles. The summed E-state index contributed by atoms with van der Waals surface area (Å²) in [6, 6.07) is 0. The van der Waals surface area contributed by atoms with E-state index >= 15 is 0 Å². The molecule has 2 rings (SSSR count). The maximum Gasteiger partial charge on any atom is -0.00176 e. The highest BCUT2D eigenvalue weighted by atomic mass is 14.9. The molecule has 0 aromatic rings. The van der Waals surface area contributed by atoms with Crippen molar-refractivity contribution in [3.05, 3.63) is 0 Å². The van der Waals surface area contributed by atoms with E-state index in [-0.39, 0.29) is 0 Å². The van der Waals surface area contributed by atoms with E-state index in [9.17, 15) is 0 Å². The van der Waals surface area contributed by atoms with Crippen LogP contribution in [0.1, 0.15) is 58.3 Å². The molecular weight excluding hydrogens is 182 g/mol. The van der Waals surface area contributed by atoms with Crippen LogP contribution >= 0.6 is 0 Å². The highest BCUT2D eigenvalue weighted by molar-refractivity contribution is 4.80. The quantitative estimate of drug-likeness (QED) is 0.696. The Bertz CT molecular complexity index is 170. The van der Waals surface area contributed by atoms with Crippen LogP contribution in [0.4, 0.5) is 0 Å². The maximum atomic E-state index is 3.62. The van der Waals surface area contributed by atoms with Crippen molar-refractivity contribution in [2.75, 3.05) is 13.1 Å². The van der Waals surface area contributed by atoms with E-state index < -0.39 is 0 Å². The summed E-state index contributed by atoms with van der Waals surface area (Å²) in [5.74, 6) is 2.95. The highest BCUT2D eigenvalue weighted by Crippen LogP contribution is 2.32. The molecule has 0 spiro atoms. The molecule has 1 N–H and O–H groups in total. The van der Waals surface area contributed by atoms with E-state index in [0.29, 0.717) is 0 Å². The predicted molar refractivity (Wildman–Crippen MR) is 65.9 cm³/mol. The summed E-state index contributed by atoms with van der Waals surface area (Å²) in [6.07, 6.45) is 12.0. The molecule has 1 heterocycles. The van der Waals surface area contributed by atoms with Crippen LogP contribution in [-0.2, 0) is 0 Å². The van der Waals surface area contributed by atoms with Crippen molar-refractivity contribution in [3.8, 4) is 0 Å². The summed E-state index contributed by atoms with van der Waals surface area (Å²) in [4.78, 5) is 0. The van der Waals surface area contributed by atoms with Crippen LogP contribution in [0.5, 0.6) is 0 Å². The van der Waals surface area contributed by atoms with Gasteiger partial charge in [-0.25, -0.2) is 0 Å². The van der Waals surface area contributed by atoms with E-state index in [4.69, 9.17) is 0 Å². The zero-order valence-electron chi connectivity index (χ0n) is 10.3. The van der Waals surface area contributed by atoms with Gasteiger partial charge in [0.15, 0.2) is 0 Å². The summed E-state index contributed by atoms with van der Waals surface area (Å²) in [5.41, 5.74) is 0. The minimum absolute atomic E-state index is 0.911. The Kier molecular flexibility index (Phi) is 4.49. The van der Waals surface area contributed by atoms with Gasteiger partial charge in [-0.05, 0) is 37.3 Å². The van der Waals surface area contributed by atoms with Gasteiger partial charge in [-0.15, -0.1) is 0 Å². The van der Waals surface area contributed by atoms with Gasteiger partial charge < -0.3 is 5.32 Å². The van der Waals surface area contributed by atoms with E-state index in [1.807, 2.05) is 0 Å². The van der Waals surface area contributed by atoms with Crippen molar-refractivity contribution in [2.24, 2.45) is 17.8 Å². The molecule has 1 saturated heterocycles. The first kappa shape index (κ1) is 11.4. The van der Waals surface area contributed by atoms with Gasteiger partial charge in [0.1, 0.15) is 0 Å². The van der Waals surface area contributed by atoms with Gasteiger partial charge in [-0.2, -0.15) is 0 Å². The largest absolute Gasteiger partial charge is 0.316 e. The van der Waals surface area contributed by atoms with E-state index in [2.05, 4.69) is 12.2 Å². The zero-order valence-corrected chi connectivity index (χ0v) is 10.3. The first-order valence-corrected chi connectivity index (χ1v) is 7.07. The lowest BCUT2D eigenvalue weighted by atomic mass is 9.76. The van der Waals surface area contributed by atoms with Crippen molar-refractivity contribution in [2.45, 2.75) is 58.3 Å². The second-order valence-corrected chi connectivity index (χ2v) is 5.86. The Morgan fingerprint density at radius 2 is 1.47 bits per heavy atom. The second-order valence-electron chi connectivity index (χ2n) is 5.86. The Hall–Kier alpha value is -0.0400. The predicted octanol–water partition coefficient (Wildman–Crippen LogP) is 3.59. The summed E-state index contributed by atoms with van der Waals surface area (Å²) in [6.45, 7) is 4.96. The molecule has 0 aromatic carbocycles. The third-order valence-electron chi connectivity index (χ3n) is 4.42. The second kappa shape index (κ2) is 5.89. The molecule has 0 bridgehead atoms. The van der Waals surface area contributed by atoms with E-state index in [0.717, 1.165) is 17.8 Å². The van der Waals surface area contributed by atoms with Crippen molar-refractivity contribution in [1.82, 2.24) is 5.32 Å². The SMILES string of the molecule is CC1CNCC(C2CCCCCCC2)C1. The molecule has 0 amide bonds. The fraction of sp³-hybridized carbons (Fsp3) is 1.00. The van der Waals surface area contributed by atoms with Gasteiger partial charge in [0.2, 0.25) is 0 Å². The molecule has 1 nitrogen and oxygen atoms in total. The molecule has 15 heavy (non-hydrogen) atoms. The minimum Gasteiger partial charge on any atom is -0.316 e. The molecule has 0 aromatic heterocycles. The Balaban J connectivity index is 1.83. The van der Waals surface area contributed by atoms with Crippen LogP contribution in [0, 0.1) is 17.8 Å². The zero-order chi connectivity index (χ0) is 10.5. The lowest BCUT2D eigenvalue weighted by Gasteiger charge is -2.34. The van der Waals surface area contributed by atoms with Crippen LogP contribution < -0.4 is 5.32 Å². The van der Waals surface area contributed by atoms with Crippen LogP contribution in [-0.4, -0.2) is 13.1 Å². The molecule has 2 fully saturated rings. The number of rotatable bonds is 1. The van der Waals surface area contributed by atoms with Gasteiger partial charge in [0.25, 0.3) is 0 Å². The number of hydrogen-bond acceptors (Lipinski definition) is 1. The summed E-state index contributed by atoms with van der Waals surface area (Å²) < 4.78 is 0. The molecular formula is C14H27N. The Morgan fingerprint density at radius 3 is 2.13 bits per heavy atom. The molecule has 0 radical (unpaired) electrons. The number of nitrogens with one attached hydrogen (secondary N) is 1. The molecule has 1 aliphatic heterocycles. The molecule has 1 saturated carbocycles. The topological polar surface area (TPSA) is 12.0 Å². The molecule has 2 aliphatic rings. The monoisotopic (exact) mass is 209 g/mol. The summed E-state index contributed by atoms with van der Waals surface area (Å²) >= 11 is 0. The molecule has 1 heteroatoms. The van der Waals surface area contributed by atoms with Crippen molar-refractivity contribution in [1.29, 1.82) is 0 Å². The lowest BCUT2D eigenvalue weighted by Crippen LogP contribution is -2.38. The average molecular weight is 209 g/mol. The van der Waals surface area contributed by atoms with E-state index in [1.54, 1.807) is 0 Å². The van der Waals surface area contributed by atoms with E-state index in [1.165, 1.54) is 64.5 Å². The number of hydrogen-bond donors (Lipinski definition) is 1. The van der Waals surface area contributed by atoms with Gasteiger partial charge in [-0.3, -0.25) is 0 Å². The smallest absolute Gasteiger partial charge is 0.00176 e. The number of piperidine rings is 1. The van der Waals surface area contributed by atoms with Crippen molar-refractivity contribution >= 4 is 0 Å². The van der Waals surface area contributed by atoms with Gasteiger partial charge in [0, 0.05) is 0 Å². The van der Waals surface area contributed by atoms with Gasteiger partial charge in [-0.1, -0.05) is 51.9 Å². The first-order chi connectivity index (χ1) is 7.36. The van der Waals surface area contributed by atoms with Gasteiger partial charge >= 0.3 is 0 Å². The fourth-order valence-electron chi connectivity index (χ4n) is 3.52. The summed E-state index contributed by atoms with van der Waals surface area (Å²) in [7, 11) is 0. The van der Waals surface area contributed by atoms with Crippen LogP contribution in [0.3, 0.4) is 0 Å². The highest BCUT2D eigenvalue weighted by Gasteiger charge is 2.26. The molecule has 2 atom stereocenters.